The number of benzene rings is 1. The van der Waals surface area contributed by atoms with Crippen LogP contribution in [0.25, 0.3) is 10.8 Å². The fourth-order valence-electron chi connectivity index (χ4n) is 2.55. The summed E-state index contributed by atoms with van der Waals surface area (Å²) >= 11 is 6.02. The van der Waals surface area contributed by atoms with Crippen LogP contribution in [-0.4, -0.2) is 30.1 Å². The van der Waals surface area contributed by atoms with E-state index in [1.54, 1.807) is 24.4 Å². The Morgan fingerprint density at radius 1 is 1.48 bits per heavy atom. The monoisotopic (exact) mass is 305 g/mol. The molecule has 5 nitrogen and oxygen atoms in total. The van der Waals surface area contributed by atoms with Gasteiger partial charge in [-0.25, -0.2) is 0 Å². The summed E-state index contributed by atoms with van der Waals surface area (Å²) in [7, 11) is 0. The van der Waals surface area contributed by atoms with Gasteiger partial charge in [0, 0.05) is 40.8 Å². The highest BCUT2D eigenvalue weighted by Gasteiger charge is 2.18. The van der Waals surface area contributed by atoms with Gasteiger partial charge < -0.3 is 15.8 Å². The van der Waals surface area contributed by atoms with Crippen LogP contribution in [0.3, 0.4) is 0 Å². The van der Waals surface area contributed by atoms with E-state index in [0.29, 0.717) is 28.3 Å². The molecule has 3 rings (SSSR count). The van der Waals surface area contributed by atoms with E-state index in [1.165, 1.54) is 0 Å². The molecule has 1 aliphatic rings. The molecule has 110 valence electrons. The van der Waals surface area contributed by atoms with Crippen LogP contribution >= 0.6 is 11.6 Å². The normalized spacial score (nSPS) is 18.0. The van der Waals surface area contributed by atoms with E-state index in [-0.39, 0.29) is 12.0 Å². The van der Waals surface area contributed by atoms with Crippen LogP contribution in [0.15, 0.2) is 24.4 Å². The number of anilines is 1. The first-order chi connectivity index (χ1) is 10.1. The highest BCUT2D eigenvalue weighted by molar-refractivity contribution is 6.32. The molecule has 0 bridgehead atoms. The summed E-state index contributed by atoms with van der Waals surface area (Å²) in [6.07, 6.45) is 3.69. The van der Waals surface area contributed by atoms with Crippen molar-refractivity contribution in [2.75, 3.05) is 18.9 Å². The maximum Gasteiger partial charge on any atom is 0.270 e. The second-order valence-electron chi connectivity index (χ2n) is 5.09. The van der Waals surface area contributed by atoms with E-state index in [2.05, 4.69) is 10.3 Å². The minimum absolute atomic E-state index is 0.0950. The van der Waals surface area contributed by atoms with Crippen molar-refractivity contribution in [3.05, 3.63) is 35.1 Å². The molecule has 1 aliphatic heterocycles. The summed E-state index contributed by atoms with van der Waals surface area (Å²) in [5, 5.41) is 4.78. The summed E-state index contributed by atoms with van der Waals surface area (Å²) in [5.41, 5.74) is 6.80. The lowest BCUT2D eigenvalue weighted by Crippen LogP contribution is -2.32. The van der Waals surface area contributed by atoms with Gasteiger partial charge in [0.2, 0.25) is 0 Å². The summed E-state index contributed by atoms with van der Waals surface area (Å²) < 4.78 is 5.49. The predicted molar refractivity (Wildman–Crippen MR) is 82.5 cm³/mol. The molecule has 0 aliphatic carbocycles. The van der Waals surface area contributed by atoms with E-state index in [9.17, 15) is 4.79 Å². The maximum absolute atomic E-state index is 12.3. The Hall–Kier alpha value is -1.85. The van der Waals surface area contributed by atoms with Crippen molar-refractivity contribution in [2.24, 2.45) is 0 Å². The lowest BCUT2D eigenvalue weighted by Gasteiger charge is -2.12. The highest BCUT2D eigenvalue weighted by atomic mass is 35.5. The fourth-order valence-corrected chi connectivity index (χ4v) is 2.78. The molecule has 1 fully saturated rings. The molecule has 0 spiro atoms. The van der Waals surface area contributed by atoms with Gasteiger partial charge in [0.15, 0.2) is 0 Å². The number of nitrogens with one attached hydrogen (secondary N) is 1. The molecular formula is C15H16ClN3O2. The Balaban J connectivity index is 1.87. The molecule has 0 radical (unpaired) electrons. The van der Waals surface area contributed by atoms with Crippen LogP contribution in [0.4, 0.5) is 5.69 Å². The van der Waals surface area contributed by atoms with Crippen molar-refractivity contribution in [1.82, 2.24) is 10.3 Å². The van der Waals surface area contributed by atoms with Crippen molar-refractivity contribution >= 4 is 34.0 Å². The minimum atomic E-state index is -0.238. The van der Waals surface area contributed by atoms with Crippen molar-refractivity contribution in [2.45, 2.75) is 18.9 Å². The molecule has 1 aromatic carbocycles. The zero-order chi connectivity index (χ0) is 14.8. The molecule has 1 atom stereocenters. The highest BCUT2D eigenvalue weighted by Crippen LogP contribution is 2.27. The smallest absolute Gasteiger partial charge is 0.270 e. The van der Waals surface area contributed by atoms with E-state index in [1.807, 2.05) is 0 Å². The van der Waals surface area contributed by atoms with Gasteiger partial charge in [-0.2, -0.15) is 0 Å². The number of amides is 1. The van der Waals surface area contributed by atoms with Gasteiger partial charge in [-0.3, -0.25) is 9.78 Å². The van der Waals surface area contributed by atoms with E-state index in [0.717, 1.165) is 24.8 Å². The Kier molecular flexibility index (Phi) is 3.94. The number of halogens is 1. The van der Waals surface area contributed by atoms with E-state index >= 15 is 0 Å². The Labute approximate surface area is 127 Å². The quantitative estimate of drug-likeness (QED) is 0.854. The molecular weight excluding hydrogens is 290 g/mol. The second kappa shape index (κ2) is 5.87. The van der Waals surface area contributed by atoms with Gasteiger partial charge >= 0.3 is 0 Å². The number of carbonyl (C=O) groups is 1. The number of pyridine rings is 1. The van der Waals surface area contributed by atoms with Gasteiger partial charge in [-0.05, 0) is 31.0 Å². The number of hydrogen-bond donors (Lipinski definition) is 2. The van der Waals surface area contributed by atoms with Crippen molar-refractivity contribution in [3.63, 3.8) is 0 Å². The third kappa shape index (κ3) is 2.94. The van der Waals surface area contributed by atoms with Gasteiger partial charge in [-0.1, -0.05) is 11.6 Å². The summed E-state index contributed by atoms with van der Waals surface area (Å²) in [6.45, 7) is 1.26. The fraction of sp³-hybridized carbons (Fsp3) is 0.333. The largest absolute Gasteiger partial charge is 0.398 e. The number of aromatic nitrogens is 1. The first-order valence-electron chi connectivity index (χ1n) is 6.88. The number of rotatable bonds is 3. The number of nitrogens with two attached hydrogens (primary N) is 1. The van der Waals surface area contributed by atoms with Crippen LogP contribution in [-0.2, 0) is 4.74 Å². The molecule has 21 heavy (non-hydrogen) atoms. The molecule has 6 heteroatoms. The van der Waals surface area contributed by atoms with Crippen LogP contribution in [0.2, 0.25) is 5.02 Å². The van der Waals surface area contributed by atoms with Gasteiger partial charge in [-0.15, -0.1) is 0 Å². The topological polar surface area (TPSA) is 77.2 Å². The number of fused-ring (bicyclic) bond motifs is 1. The van der Waals surface area contributed by atoms with Crippen LogP contribution in [0.1, 0.15) is 23.3 Å². The Morgan fingerprint density at radius 3 is 3.10 bits per heavy atom. The summed E-state index contributed by atoms with van der Waals surface area (Å²) in [6, 6.07) is 5.15. The van der Waals surface area contributed by atoms with Gasteiger partial charge in [0.05, 0.1) is 6.10 Å². The lowest BCUT2D eigenvalue weighted by atomic mass is 10.1. The third-order valence-electron chi connectivity index (χ3n) is 3.61. The zero-order valence-electron chi connectivity index (χ0n) is 11.4. The van der Waals surface area contributed by atoms with Crippen molar-refractivity contribution < 1.29 is 9.53 Å². The van der Waals surface area contributed by atoms with Crippen molar-refractivity contribution in [3.8, 4) is 0 Å². The number of ether oxygens (including phenoxy) is 1. The molecule has 2 aromatic rings. The number of nitrogen functional groups attached to an aromatic ring is 1. The van der Waals surface area contributed by atoms with Crippen LogP contribution in [0, 0.1) is 0 Å². The average molecular weight is 306 g/mol. The van der Waals surface area contributed by atoms with Gasteiger partial charge in [0.1, 0.15) is 5.69 Å². The Bertz CT molecular complexity index is 684. The Morgan fingerprint density at radius 2 is 2.33 bits per heavy atom. The predicted octanol–water partition coefficient (Wildman–Crippen LogP) is 2.38. The third-order valence-corrected chi connectivity index (χ3v) is 3.82. The van der Waals surface area contributed by atoms with E-state index in [4.69, 9.17) is 22.1 Å². The van der Waals surface area contributed by atoms with Crippen LogP contribution in [0.5, 0.6) is 0 Å². The zero-order valence-corrected chi connectivity index (χ0v) is 12.2. The number of nitrogens with zero attached hydrogens (tertiary/aromatic N) is 1. The molecule has 1 saturated heterocycles. The maximum atomic E-state index is 12.3. The summed E-state index contributed by atoms with van der Waals surface area (Å²) in [4.78, 5) is 16.5. The molecule has 2 heterocycles. The van der Waals surface area contributed by atoms with Crippen LogP contribution < -0.4 is 11.1 Å². The first-order valence-corrected chi connectivity index (χ1v) is 7.26. The molecule has 1 unspecified atom stereocenters. The SMILES string of the molecule is Nc1cc(Cl)cc2c(C(=O)NCC3CCCO3)nccc12. The lowest BCUT2D eigenvalue weighted by molar-refractivity contribution is 0.0855. The number of hydrogen-bond acceptors (Lipinski definition) is 4. The molecule has 3 N–H and O–H groups in total. The molecule has 0 saturated carbocycles. The second-order valence-corrected chi connectivity index (χ2v) is 5.53. The van der Waals surface area contributed by atoms with Gasteiger partial charge in [0.25, 0.3) is 5.91 Å². The minimum Gasteiger partial charge on any atom is -0.398 e. The van der Waals surface area contributed by atoms with Crippen molar-refractivity contribution in [1.29, 1.82) is 0 Å². The molecule has 1 aromatic heterocycles. The standard InChI is InChI=1S/C15H16ClN3O2/c16-9-6-12-11(13(17)7-9)3-4-18-14(12)15(20)19-8-10-2-1-5-21-10/h3-4,6-7,10H,1-2,5,8,17H2,(H,19,20). The molecule has 1 amide bonds. The van der Waals surface area contributed by atoms with E-state index < -0.39 is 0 Å². The summed E-state index contributed by atoms with van der Waals surface area (Å²) in [5.74, 6) is -0.238. The number of carbonyl (C=O) groups excluding carboxylic acids is 1. The first kappa shape index (κ1) is 14.1. The average Bonchev–Trinajstić information content (AvgIpc) is 2.97.